The van der Waals surface area contributed by atoms with Crippen LogP contribution in [0.5, 0.6) is 5.75 Å². The Morgan fingerprint density at radius 1 is 1.05 bits per heavy atom. The molecule has 0 atom stereocenters. The highest BCUT2D eigenvalue weighted by Crippen LogP contribution is 2.12. The van der Waals surface area contributed by atoms with Gasteiger partial charge in [-0.2, -0.15) is 0 Å². The molecule has 2 nitrogen and oxygen atoms in total. The monoisotopic (exact) mass is 253 g/mol. The first-order valence-electron chi connectivity index (χ1n) is 6.44. The average Bonchev–Trinajstić information content (AvgIpc) is 2.48. The summed E-state index contributed by atoms with van der Waals surface area (Å²) in [5, 5.41) is 3.38. The Labute approximate surface area is 114 Å². The lowest BCUT2D eigenvalue weighted by atomic mass is 10.2. The lowest BCUT2D eigenvalue weighted by Gasteiger charge is -2.04. The van der Waals surface area contributed by atoms with Crippen LogP contribution in [0.2, 0.25) is 0 Å². The second-order valence-corrected chi connectivity index (χ2v) is 4.30. The number of ether oxygens (including phenoxy) is 1. The minimum atomic E-state index is 0.844. The summed E-state index contributed by atoms with van der Waals surface area (Å²) in [6.07, 6.45) is 4.26. The molecular weight excluding hydrogens is 234 g/mol. The number of rotatable bonds is 6. The Morgan fingerprint density at radius 2 is 1.89 bits per heavy atom. The van der Waals surface area contributed by atoms with Crippen molar-refractivity contribution in [3.8, 4) is 5.75 Å². The van der Waals surface area contributed by atoms with E-state index in [1.807, 2.05) is 36.4 Å². The molecule has 1 N–H and O–H groups in total. The van der Waals surface area contributed by atoms with Gasteiger partial charge in [-0.3, -0.25) is 0 Å². The van der Waals surface area contributed by atoms with Gasteiger partial charge in [0.05, 0.1) is 7.11 Å². The molecule has 2 aromatic carbocycles. The van der Waals surface area contributed by atoms with Crippen LogP contribution < -0.4 is 10.1 Å². The van der Waals surface area contributed by atoms with E-state index in [1.54, 1.807) is 7.11 Å². The lowest BCUT2D eigenvalue weighted by molar-refractivity contribution is 0.414. The van der Waals surface area contributed by atoms with E-state index in [0.29, 0.717) is 0 Å². The fraction of sp³-hybridized carbons (Fsp3) is 0.176. The summed E-state index contributed by atoms with van der Waals surface area (Å²) in [6.45, 7) is 1.70. The largest absolute Gasteiger partial charge is 0.497 e. The fourth-order valence-electron chi connectivity index (χ4n) is 1.84. The number of hydrogen-bond donors (Lipinski definition) is 1. The first-order valence-corrected chi connectivity index (χ1v) is 6.44. The molecule has 0 spiro atoms. The summed E-state index contributed by atoms with van der Waals surface area (Å²) in [5.41, 5.74) is 2.46. The van der Waals surface area contributed by atoms with Crippen LogP contribution in [-0.4, -0.2) is 13.7 Å². The smallest absolute Gasteiger partial charge is 0.119 e. The Morgan fingerprint density at radius 3 is 2.68 bits per heavy atom. The van der Waals surface area contributed by atoms with Crippen molar-refractivity contribution in [1.82, 2.24) is 5.32 Å². The minimum Gasteiger partial charge on any atom is -0.497 e. The molecule has 0 fully saturated rings. The van der Waals surface area contributed by atoms with Gasteiger partial charge in [0.25, 0.3) is 0 Å². The summed E-state index contributed by atoms with van der Waals surface area (Å²) < 4.78 is 5.20. The first-order chi connectivity index (χ1) is 9.38. The second kappa shape index (κ2) is 7.39. The molecule has 98 valence electrons. The standard InChI is InChI=1S/C17H19NO/c1-19-17-11-5-9-16(13-17)14-18-12-6-10-15-7-3-2-4-8-15/h2-11,13,18H,12,14H2,1H3. The molecule has 0 unspecified atom stereocenters. The third-order valence-corrected chi connectivity index (χ3v) is 2.84. The van der Waals surface area contributed by atoms with Crippen LogP contribution in [0.25, 0.3) is 6.08 Å². The molecule has 19 heavy (non-hydrogen) atoms. The van der Waals surface area contributed by atoms with E-state index in [-0.39, 0.29) is 0 Å². The molecule has 0 amide bonds. The lowest BCUT2D eigenvalue weighted by Crippen LogP contribution is -2.12. The number of hydrogen-bond acceptors (Lipinski definition) is 2. The van der Waals surface area contributed by atoms with E-state index in [4.69, 9.17) is 4.74 Å². The van der Waals surface area contributed by atoms with Crippen molar-refractivity contribution in [2.24, 2.45) is 0 Å². The van der Waals surface area contributed by atoms with Crippen LogP contribution in [0.4, 0.5) is 0 Å². The molecule has 0 aliphatic heterocycles. The van der Waals surface area contributed by atoms with Gasteiger partial charge in [0.15, 0.2) is 0 Å². The van der Waals surface area contributed by atoms with Crippen molar-refractivity contribution < 1.29 is 4.74 Å². The van der Waals surface area contributed by atoms with Gasteiger partial charge in [-0.05, 0) is 23.3 Å². The SMILES string of the molecule is COc1cccc(CNCC=Cc2ccccc2)c1. The van der Waals surface area contributed by atoms with Gasteiger partial charge in [0.2, 0.25) is 0 Å². The highest BCUT2D eigenvalue weighted by molar-refractivity contribution is 5.48. The van der Waals surface area contributed by atoms with Crippen LogP contribution in [-0.2, 0) is 6.54 Å². The zero-order valence-electron chi connectivity index (χ0n) is 11.2. The van der Waals surface area contributed by atoms with Gasteiger partial charge >= 0.3 is 0 Å². The van der Waals surface area contributed by atoms with Gasteiger partial charge in [-0.25, -0.2) is 0 Å². The maximum absolute atomic E-state index is 5.20. The highest BCUT2D eigenvalue weighted by atomic mass is 16.5. The van der Waals surface area contributed by atoms with Gasteiger partial charge in [-0.15, -0.1) is 0 Å². The average molecular weight is 253 g/mol. The topological polar surface area (TPSA) is 21.3 Å². The summed E-state index contributed by atoms with van der Waals surface area (Å²) >= 11 is 0. The molecule has 0 aliphatic rings. The van der Waals surface area contributed by atoms with E-state index in [9.17, 15) is 0 Å². The van der Waals surface area contributed by atoms with Gasteiger partial charge in [-0.1, -0.05) is 54.6 Å². The predicted molar refractivity (Wildman–Crippen MR) is 80.2 cm³/mol. The summed E-state index contributed by atoms with van der Waals surface area (Å²) in [6, 6.07) is 18.4. The van der Waals surface area contributed by atoms with E-state index < -0.39 is 0 Å². The highest BCUT2D eigenvalue weighted by Gasteiger charge is 1.94. The van der Waals surface area contributed by atoms with Crippen molar-refractivity contribution in [2.75, 3.05) is 13.7 Å². The van der Waals surface area contributed by atoms with Crippen LogP contribution in [0, 0.1) is 0 Å². The third kappa shape index (κ3) is 4.60. The molecule has 2 heteroatoms. The molecule has 0 heterocycles. The predicted octanol–water partition coefficient (Wildman–Crippen LogP) is 3.50. The third-order valence-electron chi connectivity index (χ3n) is 2.84. The second-order valence-electron chi connectivity index (χ2n) is 4.30. The minimum absolute atomic E-state index is 0.844. The van der Waals surface area contributed by atoms with Crippen LogP contribution in [0.1, 0.15) is 11.1 Å². The fourth-order valence-corrected chi connectivity index (χ4v) is 1.84. The molecule has 2 rings (SSSR count). The Balaban J connectivity index is 1.76. The van der Waals surface area contributed by atoms with Crippen molar-refractivity contribution in [3.63, 3.8) is 0 Å². The molecule has 2 aromatic rings. The zero-order valence-corrected chi connectivity index (χ0v) is 11.2. The van der Waals surface area contributed by atoms with E-state index in [2.05, 4.69) is 35.7 Å². The van der Waals surface area contributed by atoms with E-state index in [0.717, 1.165) is 18.8 Å². The molecule has 0 aromatic heterocycles. The summed E-state index contributed by atoms with van der Waals surface area (Å²) in [5.74, 6) is 0.902. The Hall–Kier alpha value is -2.06. The van der Waals surface area contributed by atoms with Gasteiger partial charge in [0.1, 0.15) is 5.75 Å². The molecule has 0 radical (unpaired) electrons. The maximum atomic E-state index is 5.20. The summed E-state index contributed by atoms with van der Waals surface area (Å²) in [4.78, 5) is 0. The van der Waals surface area contributed by atoms with Crippen molar-refractivity contribution in [2.45, 2.75) is 6.54 Å². The maximum Gasteiger partial charge on any atom is 0.119 e. The number of benzene rings is 2. The first kappa shape index (κ1) is 13.4. The molecule has 0 saturated carbocycles. The number of methoxy groups -OCH3 is 1. The number of nitrogens with one attached hydrogen (secondary N) is 1. The van der Waals surface area contributed by atoms with Crippen LogP contribution in [0.15, 0.2) is 60.7 Å². The van der Waals surface area contributed by atoms with E-state index >= 15 is 0 Å². The zero-order chi connectivity index (χ0) is 13.3. The Kier molecular flexibility index (Phi) is 5.20. The molecular formula is C17H19NO. The van der Waals surface area contributed by atoms with Gasteiger partial charge in [0, 0.05) is 13.1 Å². The molecule has 0 saturated heterocycles. The molecule has 0 aliphatic carbocycles. The van der Waals surface area contributed by atoms with Gasteiger partial charge < -0.3 is 10.1 Å². The van der Waals surface area contributed by atoms with Crippen LogP contribution in [0.3, 0.4) is 0 Å². The van der Waals surface area contributed by atoms with Crippen molar-refractivity contribution in [1.29, 1.82) is 0 Å². The van der Waals surface area contributed by atoms with Crippen molar-refractivity contribution >= 4 is 6.08 Å². The Bertz CT molecular complexity index is 520. The van der Waals surface area contributed by atoms with E-state index in [1.165, 1.54) is 11.1 Å². The summed E-state index contributed by atoms with van der Waals surface area (Å²) in [7, 11) is 1.69. The van der Waals surface area contributed by atoms with Crippen LogP contribution >= 0.6 is 0 Å². The quantitative estimate of drug-likeness (QED) is 0.796. The normalized spacial score (nSPS) is 10.8. The molecule has 0 bridgehead atoms. The van der Waals surface area contributed by atoms with Crippen molar-refractivity contribution in [3.05, 3.63) is 71.8 Å².